The highest BCUT2D eigenvalue weighted by Gasteiger charge is 2.31. The van der Waals surface area contributed by atoms with Crippen LogP contribution in [0.15, 0.2) is 24.3 Å². The van der Waals surface area contributed by atoms with Crippen molar-refractivity contribution in [3.05, 3.63) is 35.4 Å². The first kappa shape index (κ1) is 13.7. The number of nitrogens with two attached hydrogens (primary N) is 1. The predicted molar refractivity (Wildman–Crippen MR) is 68.7 cm³/mol. The van der Waals surface area contributed by atoms with E-state index in [1.54, 1.807) is 6.92 Å². The third kappa shape index (κ3) is 2.86. The number of hydrogen-bond acceptors (Lipinski definition) is 3. The lowest BCUT2D eigenvalue weighted by atomic mass is 9.84. The van der Waals surface area contributed by atoms with Gasteiger partial charge in [-0.25, -0.2) is 4.79 Å². The van der Waals surface area contributed by atoms with Crippen molar-refractivity contribution in [3.63, 3.8) is 0 Å². The molecule has 0 spiro atoms. The number of rotatable bonds is 2. The highest BCUT2D eigenvalue weighted by molar-refractivity contribution is 5.81. The standard InChI is InChI=1S/C14H21NO2/c1-13(2,3)10-6-8-11(9-7-10)14(4,15)12(16)17-5/h6-9H,15H2,1-5H3. The van der Waals surface area contributed by atoms with Crippen LogP contribution in [0.5, 0.6) is 0 Å². The van der Waals surface area contributed by atoms with Crippen LogP contribution >= 0.6 is 0 Å². The molecule has 3 heteroatoms. The Bertz CT molecular complexity index is 399. The van der Waals surface area contributed by atoms with Gasteiger partial charge in [-0.3, -0.25) is 0 Å². The van der Waals surface area contributed by atoms with Crippen LogP contribution in [0.25, 0.3) is 0 Å². The number of carbonyl (C=O) groups excluding carboxylic acids is 1. The van der Waals surface area contributed by atoms with Crippen molar-refractivity contribution < 1.29 is 9.53 Å². The average Bonchev–Trinajstić information content (AvgIpc) is 2.27. The molecule has 0 heterocycles. The number of ether oxygens (including phenoxy) is 1. The maximum atomic E-state index is 11.6. The van der Waals surface area contributed by atoms with Gasteiger partial charge in [-0.1, -0.05) is 45.0 Å². The molecule has 0 amide bonds. The third-order valence-electron chi connectivity index (χ3n) is 2.96. The Balaban J connectivity index is 3.07. The molecule has 0 aromatic heterocycles. The molecular weight excluding hydrogens is 214 g/mol. The molecule has 0 aliphatic rings. The van der Waals surface area contributed by atoms with E-state index in [-0.39, 0.29) is 5.41 Å². The zero-order chi connectivity index (χ0) is 13.3. The Kier molecular flexibility index (Phi) is 3.62. The van der Waals surface area contributed by atoms with Crippen molar-refractivity contribution in [3.8, 4) is 0 Å². The lowest BCUT2D eigenvalue weighted by Gasteiger charge is -2.24. The number of methoxy groups -OCH3 is 1. The molecule has 0 saturated carbocycles. The van der Waals surface area contributed by atoms with E-state index in [2.05, 4.69) is 20.8 Å². The predicted octanol–water partition coefficient (Wildman–Crippen LogP) is 2.33. The number of benzene rings is 1. The van der Waals surface area contributed by atoms with Crippen LogP contribution in [0.4, 0.5) is 0 Å². The van der Waals surface area contributed by atoms with E-state index in [1.807, 2.05) is 24.3 Å². The van der Waals surface area contributed by atoms with Crippen LogP contribution in [-0.2, 0) is 20.5 Å². The fourth-order valence-electron chi connectivity index (χ4n) is 1.65. The Morgan fingerprint density at radius 2 is 1.47 bits per heavy atom. The van der Waals surface area contributed by atoms with Crippen molar-refractivity contribution in [1.29, 1.82) is 0 Å². The summed E-state index contributed by atoms with van der Waals surface area (Å²) in [5.74, 6) is -0.430. The summed E-state index contributed by atoms with van der Waals surface area (Å²) in [6, 6.07) is 7.78. The summed E-state index contributed by atoms with van der Waals surface area (Å²) in [6.07, 6.45) is 0. The van der Waals surface area contributed by atoms with Gasteiger partial charge in [0.1, 0.15) is 5.54 Å². The first-order valence-electron chi connectivity index (χ1n) is 5.68. The van der Waals surface area contributed by atoms with Crippen LogP contribution in [0.3, 0.4) is 0 Å². The maximum Gasteiger partial charge on any atom is 0.330 e. The van der Waals surface area contributed by atoms with Gasteiger partial charge in [0.25, 0.3) is 0 Å². The second kappa shape index (κ2) is 4.49. The zero-order valence-corrected chi connectivity index (χ0v) is 11.2. The van der Waals surface area contributed by atoms with Crippen LogP contribution < -0.4 is 5.73 Å². The molecule has 0 fully saturated rings. The van der Waals surface area contributed by atoms with Gasteiger partial charge in [0.05, 0.1) is 7.11 Å². The highest BCUT2D eigenvalue weighted by atomic mass is 16.5. The van der Waals surface area contributed by atoms with E-state index < -0.39 is 11.5 Å². The first-order valence-corrected chi connectivity index (χ1v) is 5.68. The van der Waals surface area contributed by atoms with E-state index in [4.69, 9.17) is 10.5 Å². The van der Waals surface area contributed by atoms with Crippen LogP contribution in [0.1, 0.15) is 38.8 Å². The molecular formula is C14H21NO2. The number of carbonyl (C=O) groups is 1. The molecule has 1 aromatic rings. The Labute approximate surface area is 103 Å². The Morgan fingerprint density at radius 1 is 1.06 bits per heavy atom. The highest BCUT2D eigenvalue weighted by Crippen LogP contribution is 2.25. The monoisotopic (exact) mass is 235 g/mol. The summed E-state index contributed by atoms with van der Waals surface area (Å²) in [6.45, 7) is 8.09. The van der Waals surface area contributed by atoms with Crippen LogP contribution in [0, 0.1) is 0 Å². The average molecular weight is 235 g/mol. The maximum absolute atomic E-state index is 11.6. The first-order chi connectivity index (χ1) is 7.69. The Hall–Kier alpha value is -1.35. The summed E-state index contributed by atoms with van der Waals surface area (Å²) in [4.78, 5) is 11.6. The van der Waals surface area contributed by atoms with Gasteiger partial charge in [0.2, 0.25) is 0 Å². The molecule has 1 aromatic carbocycles. The fraction of sp³-hybridized carbons (Fsp3) is 0.500. The van der Waals surface area contributed by atoms with Crippen molar-refractivity contribution >= 4 is 5.97 Å². The normalized spacial score (nSPS) is 15.2. The summed E-state index contributed by atoms with van der Waals surface area (Å²) >= 11 is 0. The van der Waals surface area contributed by atoms with Crippen molar-refractivity contribution in [2.45, 2.75) is 38.6 Å². The molecule has 0 saturated heterocycles. The lowest BCUT2D eigenvalue weighted by molar-refractivity contribution is -0.146. The number of hydrogen-bond donors (Lipinski definition) is 1. The minimum absolute atomic E-state index is 0.0921. The van der Waals surface area contributed by atoms with Gasteiger partial charge in [-0.05, 0) is 23.5 Å². The van der Waals surface area contributed by atoms with Gasteiger partial charge >= 0.3 is 5.97 Å². The van der Waals surface area contributed by atoms with E-state index >= 15 is 0 Å². The molecule has 0 aliphatic heterocycles. The second-order valence-electron chi connectivity index (χ2n) is 5.52. The molecule has 0 bridgehead atoms. The molecule has 1 unspecified atom stereocenters. The van der Waals surface area contributed by atoms with E-state index in [9.17, 15) is 4.79 Å². The van der Waals surface area contributed by atoms with E-state index in [1.165, 1.54) is 12.7 Å². The molecule has 3 nitrogen and oxygen atoms in total. The molecule has 2 N–H and O–H groups in total. The van der Waals surface area contributed by atoms with Crippen molar-refractivity contribution in [1.82, 2.24) is 0 Å². The van der Waals surface area contributed by atoms with Crippen molar-refractivity contribution in [2.24, 2.45) is 5.73 Å². The fourth-order valence-corrected chi connectivity index (χ4v) is 1.65. The molecule has 0 radical (unpaired) electrons. The molecule has 17 heavy (non-hydrogen) atoms. The summed E-state index contributed by atoms with van der Waals surface area (Å²) < 4.78 is 4.70. The second-order valence-corrected chi connectivity index (χ2v) is 5.52. The Morgan fingerprint density at radius 3 is 1.82 bits per heavy atom. The van der Waals surface area contributed by atoms with Gasteiger partial charge in [-0.2, -0.15) is 0 Å². The third-order valence-corrected chi connectivity index (χ3v) is 2.96. The largest absolute Gasteiger partial charge is 0.467 e. The molecule has 0 aliphatic carbocycles. The minimum atomic E-state index is -1.09. The van der Waals surface area contributed by atoms with E-state index in [0.29, 0.717) is 0 Å². The van der Waals surface area contributed by atoms with Gasteiger partial charge in [0, 0.05) is 0 Å². The molecule has 1 rings (SSSR count). The number of esters is 1. The van der Waals surface area contributed by atoms with E-state index in [0.717, 1.165) is 5.56 Å². The summed E-state index contributed by atoms with van der Waals surface area (Å²) in [7, 11) is 1.34. The zero-order valence-electron chi connectivity index (χ0n) is 11.2. The van der Waals surface area contributed by atoms with Gasteiger partial charge in [-0.15, -0.1) is 0 Å². The SMILES string of the molecule is COC(=O)C(C)(N)c1ccc(C(C)(C)C)cc1. The van der Waals surface area contributed by atoms with Gasteiger partial charge in [0.15, 0.2) is 0 Å². The summed E-state index contributed by atoms with van der Waals surface area (Å²) in [5, 5.41) is 0. The molecule has 1 atom stereocenters. The molecule has 94 valence electrons. The lowest BCUT2D eigenvalue weighted by Crippen LogP contribution is -2.42. The van der Waals surface area contributed by atoms with Crippen LogP contribution in [0.2, 0.25) is 0 Å². The minimum Gasteiger partial charge on any atom is -0.467 e. The van der Waals surface area contributed by atoms with Crippen molar-refractivity contribution in [2.75, 3.05) is 7.11 Å². The summed E-state index contributed by atoms with van der Waals surface area (Å²) in [5.41, 5.74) is 6.95. The smallest absolute Gasteiger partial charge is 0.330 e. The van der Waals surface area contributed by atoms with Gasteiger partial charge < -0.3 is 10.5 Å². The van der Waals surface area contributed by atoms with Crippen LogP contribution in [-0.4, -0.2) is 13.1 Å². The quantitative estimate of drug-likeness (QED) is 0.800. The topological polar surface area (TPSA) is 52.3 Å².